The van der Waals surface area contributed by atoms with Crippen LogP contribution in [0.3, 0.4) is 0 Å². The molecule has 0 heterocycles. The minimum Gasteiger partial charge on any atom is -0.336 e. The summed E-state index contributed by atoms with van der Waals surface area (Å²) in [5, 5.41) is 2.84. The van der Waals surface area contributed by atoms with E-state index in [0.29, 0.717) is 0 Å². The van der Waals surface area contributed by atoms with Gasteiger partial charge in [-0.3, -0.25) is 0 Å². The maximum absolute atomic E-state index is 13.1. The fourth-order valence-electron chi connectivity index (χ4n) is 1.56. The van der Waals surface area contributed by atoms with Crippen LogP contribution in [0.15, 0.2) is 41.4 Å². The zero-order chi connectivity index (χ0) is 17.2. The number of aliphatic imine (C=N–C) groups is 1. The lowest BCUT2D eigenvalue weighted by atomic mass is 10.3. The average Bonchev–Trinajstić information content (AvgIpc) is 2.45. The first-order chi connectivity index (χ1) is 10.7. The second kappa shape index (κ2) is 7.18. The maximum atomic E-state index is 13.1. The molecule has 0 aliphatic heterocycles. The SMILES string of the molecule is FC(F)(F)C(=Nc1ccc(Cl)c(Cl)c1)Nc1ccc(Cl)c(Cl)c1. The van der Waals surface area contributed by atoms with E-state index in [1.54, 1.807) is 0 Å². The van der Waals surface area contributed by atoms with Crippen molar-refractivity contribution in [2.45, 2.75) is 6.18 Å². The summed E-state index contributed by atoms with van der Waals surface area (Å²) in [4.78, 5) is 3.54. The van der Waals surface area contributed by atoms with Crippen molar-refractivity contribution < 1.29 is 13.2 Å². The number of amidine groups is 1. The Morgan fingerprint density at radius 1 is 0.826 bits per heavy atom. The Morgan fingerprint density at radius 3 is 1.91 bits per heavy atom. The summed E-state index contributed by atoms with van der Waals surface area (Å²) in [6.07, 6.45) is -4.71. The molecule has 0 aromatic heterocycles. The molecule has 0 spiro atoms. The maximum Gasteiger partial charge on any atom is 0.449 e. The topological polar surface area (TPSA) is 24.4 Å². The number of anilines is 1. The predicted octanol–water partition coefficient (Wildman–Crippen LogP) is 7.00. The molecule has 0 unspecified atom stereocenters. The highest BCUT2D eigenvalue weighted by atomic mass is 35.5. The number of nitrogens with one attached hydrogen (secondary N) is 1. The highest BCUT2D eigenvalue weighted by Crippen LogP contribution is 2.30. The third kappa shape index (κ3) is 4.91. The van der Waals surface area contributed by atoms with Gasteiger partial charge in [-0.1, -0.05) is 46.4 Å². The Bertz CT molecular complexity index is 760. The van der Waals surface area contributed by atoms with Crippen LogP contribution in [0.5, 0.6) is 0 Å². The summed E-state index contributed by atoms with van der Waals surface area (Å²) in [6.45, 7) is 0. The summed E-state index contributed by atoms with van der Waals surface area (Å²) in [7, 11) is 0. The Balaban J connectivity index is 2.38. The standard InChI is InChI=1S/C14H7Cl4F3N2/c15-9-3-1-7(5-11(9)17)22-13(14(19,20)21)23-8-2-4-10(16)12(18)6-8/h1-6H,(H,22,23). The van der Waals surface area contributed by atoms with Crippen LogP contribution in [0.25, 0.3) is 0 Å². The summed E-state index contributed by atoms with van der Waals surface area (Å²) in [6, 6.07) is 7.89. The third-order valence-electron chi connectivity index (χ3n) is 2.59. The van der Waals surface area contributed by atoms with Gasteiger partial charge in [0.1, 0.15) is 0 Å². The molecule has 0 aliphatic rings. The van der Waals surface area contributed by atoms with Crippen LogP contribution in [-0.4, -0.2) is 12.0 Å². The third-order valence-corrected chi connectivity index (χ3v) is 4.07. The number of rotatable bonds is 2. The van der Waals surface area contributed by atoms with Gasteiger partial charge in [0.2, 0.25) is 5.84 Å². The van der Waals surface area contributed by atoms with Gasteiger partial charge in [0.15, 0.2) is 0 Å². The van der Waals surface area contributed by atoms with Crippen LogP contribution in [0, 0.1) is 0 Å². The Morgan fingerprint density at radius 2 is 1.39 bits per heavy atom. The number of hydrogen-bond donors (Lipinski definition) is 1. The predicted molar refractivity (Wildman–Crippen MR) is 89.7 cm³/mol. The van der Waals surface area contributed by atoms with Gasteiger partial charge in [0.05, 0.1) is 25.8 Å². The van der Waals surface area contributed by atoms with E-state index in [4.69, 9.17) is 46.4 Å². The Labute approximate surface area is 149 Å². The Hall–Kier alpha value is -1.14. The quantitative estimate of drug-likeness (QED) is 0.425. The van der Waals surface area contributed by atoms with Crippen molar-refractivity contribution in [2.24, 2.45) is 4.99 Å². The van der Waals surface area contributed by atoms with Crippen molar-refractivity contribution in [1.82, 2.24) is 0 Å². The lowest BCUT2D eigenvalue weighted by Crippen LogP contribution is -2.30. The highest BCUT2D eigenvalue weighted by molar-refractivity contribution is 6.42. The molecule has 0 aliphatic carbocycles. The molecule has 0 saturated carbocycles. The van der Waals surface area contributed by atoms with Gasteiger partial charge in [-0.25, -0.2) is 4.99 Å². The molecule has 2 nitrogen and oxygen atoms in total. The second-order valence-corrected chi connectivity index (χ2v) is 5.94. The van der Waals surface area contributed by atoms with Crippen LogP contribution in [0.4, 0.5) is 24.5 Å². The van der Waals surface area contributed by atoms with E-state index in [1.807, 2.05) is 0 Å². The fraction of sp³-hybridized carbons (Fsp3) is 0.0714. The summed E-state index contributed by atoms with van der Waals surface area (Å²) in [5.41, 5.74) is 0.0924. The smallest absolute Gasteiger partial charge is 0.336 e. The van der Waals surface area contributed by atoms with Crippen LogP contribution in [0.1, 0.15) is 0 Å². The molecule has 0 atom stereocenters. The van der Waals surface area contributed by atoms with Crippen molar-refractivity contribution in [2.75, 3.05) is 5.32 Å². The van der Waals surface area contributed by atoms with Gasteiger partial charge >= 0.3 is 6.18 Å². The largest absolute Gasteiger partial charge is 0.449 e. The molecule has 2 aromatic rings. The van der Waals surface area contributed by atoms with Crippen molar-refractivity contribution >= 4 is 63.6 Å². The fourth-order valence-corrected chi connectivity index (χ4v) is 2.15. The number of benzene rings is 2. The van der Waals surface area contributed by atoms with Gasteiger partial charge < -0.3 is 5.32 Å². The summed E-state index contributed by atoms with van der Waals surface area (Å²) in [5.74, 6) is -1.23. The number of hydrogen-bond acceptors (Lipinski definition) is 1. The molecule has 0 amide bonds. The van der Waals surface area contributed by atoms with E-state index in [-0.39, 0.29) is 31.5 Å². The van der Waals surface area contributed by atoms with E-state index in [9.17, 15) is 13.2 Å². The monoisotopic (exact) mass is 400 g/mol. The molecule has 2 aromatic carbocycles. The summed E-state index contributed by atoms with van der Waals surface area (Å²) < 4.78 is 39.4. The molecular formula is C14H7Cl4F3N2. The molecule has 0 saturated heterocycles. The van der Waals surface area contributed by atoms with E-state index < -0.39 is 12.0 Å². The van der Waals surface area contributed by atoms with Crippen LogP contribution >= 0.6 is 46.4 Å². The zero-order valence-electron chi connectivity index (χ0n) is 11.1. The van der Waals surface area contributed by atoms with E-state index in [2.05, 4.69) is 10.3 Å². The first-order valence-corrected chi connectivity index (χ1v) is 7.51. The van der Waals surface area contributed by atoms with Gasteiger partial charge in [-0.05, 0) is 36.4 Å². The van der Waals surface area contributed by atoms with Crippen molar-refractivity contribution in [3.05, 3.63) is 56.5 Å². The molecule has 0 bridgehead atoms. The van der Waals surface area contributed by atoms with Gasteiger partial charge in [0, 0.05) is 5.69 Å². The van der Waals surface area contributed by atoms with Crippen molar-refractivity contribution in [3.63, 3.8) is 0 Å². The molecule has 2 rings (SSSR count). The van der Waals surface area contributed by atoms with Crippen LogP contribution in [-0.2, 0) is 0 Å². The first-order valence-electron chi connectivity index (χ1n) is 6.00. The normalized spacial score (nSPS) is 12.4. The van der Waals surface area contributed by atoms with Crippen LogP contribution in [0.2, 0.25) is 20.1 Å². The minimum atomic E-state index is -4.71. The lowest BCUT2D eigenvalue weighted by molar-refractivity contribution is -0.0586. The van der Waals surface area contributed by atoms with E-state index in [0.717, 1.165) is 0 Å². The highest BCUT2D eigenvalue weighted by Gasteiger charge is 2.36. The molecule has 9 heteroatoms. The molecule has 23 heavy (non-hydrogen) atoms. The molecule has 0 fully saturated rings. The van der Waals surface area contributed by atoms with Crippen LogP contribution < -0.4 is 5.32 Å². The molecular weight excluding hydrogens is 395 g/mol. The minimum absolute atomic E-state index is 0.000662. The Kier molecular flexibility index (Phi) is 5.68. The average molecular weight is 402 g/mol. The van der Waals surface area contributed by atoms with Crippen molar-refractivity contribution in [3.8, 4) is 0 Å². The van der Waals surface area contributed by atoms with Crippen molar-refractivity contribution in [1.29, 1.82) is 0 Å². The first kappa shape index (κ1) is 18.2. The number of nitrogens with zero attached hydrogens (tertiary/aromatic N) is 1. The van der Waals surface area contributed by atoms with Gasteiger partial charge in [-0.2, -0.15) is 13.2 Å². The molecule has 1 N–H and O–H groups in total. The summed E-state index contributed by atoms with van der Waals surface area (Å²) >= 11 is 23.0. The second-order valence-electron chi connectivity index (χ2n) is 4.31. The van der Waals surface area contributed by atoms with E-state index in [1.165, 1.54) is 36.4 Å². The lowest BCUT2D eigenvalue weighted by Gasteiger charge is -2.13. The molecule has 0 radical (unpaired) electrons. The number of alkyl halides is 3. The molecule has 122 valence electrons. The van der Waals surface area contributed by atoms with Gasteiger partial charge in [-0.15, -0.1) is 0 Å². The number of halogens is 7. The van der Waals surface area contributed by atoms with Gasteiger partial charge in [0.25, 0.3) is 0 Å². The van der Waals surface area contributed by atoms with E-state index >= 15 is 0 Å². The zero-order valence-corrected chi connectivity index (χ0v) is 14.1.